The van der Waals surface area contributed by atoms with Gasteiger partial charge >= 0.3 is 0 Å². The normalized spacial score (nSPS) is 29.6. The number of aromatic nitrogens is 1. The summed E-state index contributed by atoms with van der Waals surface area (Å²) in [4.78, 5) is 18.8. The van der Waals surface area contributed by atoms with Gasteiger partial charge < -0.3 is 10.2 Å². The number of hydrogen-bond donors (Lipinski definition) is 2. The van der Waals surface area contributed by atoms with Crippen LogP contribution in [0, 0.1) is 5.92 Å². The second-order valence-corrected chi connectivity index (χ2v) is 9.24. The predicted octanol–water partition coefficient (Wildman–Crippen LogP) is 2.75. The van der Waals surface area contributed by atoms with E-state index in [2.05, 4.69) is 36.5 Å². The Morgan fingerprint density at radius 2 is 2.08 bits per heavy atom. The van der Waals surface area contributed by atoms with Gasteiger partial charge in [0.05, 0.1) is 29.2 Å². The van der Waals surface area contributed by atoms with Crippen molar-refractivity contribution in [2.24, 2.45) is 5.92 Å². The van der Waals surface area contributed by atoms with Crippen LogP contribution in [0.15, 0.2) is 24.3 Å². The average Bonchev–Trinajstić information content (AvgIpc) is 3.08. The van der Waals surface area contributed by atoms with Crippen LogP contribution in [0.4, 0.5) is 0 Å². The molecule has 2 aromatic rings. The Labute approximate surface area is 160 Å². The third kappa shape index (κ3) is 4.09. The number of nitrogens with zero attached hydrogens (tertiary/aromatic N) is 1. The van der Waals surface area contributed by atoms with Crippen molar-refractivity contribution in [3.63, 3.8) is 0 Å². The highest BCUT2D eigenvalue weighted by atomic mass is 32.1. The summed E-state index contributed by atoms with van der Waals surface area (Å²) in [5, 5.41) is 4.57. The van der Waals surface area contributed by atoms with E-state index in [0.717, 1.165) is 25.0 Å². The molecule has 0 spiro atoms. The van der Waals surface area contributed by atoms with Gasteiger partial charge in [0.2, 0.25) is 0 Å². The highest BCUT2D eigenvalue weighted by Crippen LogP contribution is 2.30. The molecule has 1 saturated heterocycles. The van der Waals surface area contributed by atoms with E-state index in [4.69, 9.17) is 4.98 Å². The number of rotatable bonds is 4. The van der Waals surface area contributed by atoms with Crippen LogP contribution in [-0.2, 0) is 4.79 Å². The summed E-state index contributed by atoms with van der Waals surface area (Å²) in [6, 6.07) is 8.78. The third-order valence-corrected chi connectivity index (χ3v) is 7.34. The molecule has 2 N–H and O–H groups in total. The Morgan fingerprint density at radius 1 is 1.23 bits per heavy atom. The van der Waals surface area contributed by atoms with Gasteiger partial charge in [0.1, 0.15) is 5.01 Å². The number of piperidine rings is 1. The number of likely N-dealkylation sites (tertiary alicyclic amines) is 1. The molecular weight excluding hydrogens is 342 g/mol. The Hall–Kier alpha value is -1.46. The Bertz CT molecular complexity index is 726. The van der Waals surface area contributed by atoms with Crippen LogP contribution in [-0.4, -0.2) is 36.6 Å². The lowest BCUT2D eigenvalue weighted by atomic mass is 9.86. The molecule has 2 aliphatic rings. The molecule has 1 aliphatic heterocycles. The van der Waals surface area contributed by atoms with Gasteiger partial charge in [-0.05, 0) is 43.7 Å². The fourth-order valence-corrected chi connectivity index (χ4v) is 5.70. The molecule has 4 nitrogen and oxygen atoms in total. The number of fused-ring (bicyclic) bond motifs is 1. The zero-order valence-corrected chi connectivity index (χ0v) is 16.5. The van der Waals surface area contributed by atoms with Gasteiger partial charge in [-0.15, -0.1) is 11.3 Å². The summed E-state index contributed by atoms with van der Waals surface area (Å²) < 4.78 is 1.28. The van der Waals surface area contributed by atoms with Gasteiger partial charge in [-0.2, -0.15) is 0 Å². The van der Waals surface area contributed by atoms with E-state index in [1.165, 1.54) is 46.7 Å². The molecule has 1 saturated carbocycles. The van der Waals surface area contributed by atoms with Gasteiger partial charge in [-0.1, -0.05) is 31.9 Å². The summed E-state index contributed by atoms with van der Waals surface area (Å²) in [5.74, 6) is 1.36. The molecule has 1 aromatic heterocycles. The standard InChI is InChI=1S/C21H29N3OS/c1-15-7-2-3-9-17(15)22-20(25)14-24-12-6-8-16(13-24)21-23-18-10-4-5-11-19(18)26-21/h4-5,10-11,15-17H,2-3,6-9,12-14H2,1H3,(H,22,25)/p+1/t15-,16+,17-/m1/s1. The van der Waals surface area contributed by atoms with Gasteiger partial charge in [0.15, 0.2) is 6.54 Å². The average molecular weight is 373 g/mol. The van der Waals surface area contributed by atoms with Crippen molar-refractivity contribution in [2.45, 2.75) is 57.4 Å². The van der Waals surface area contributed by atoms with Gasteiger partial charge in [-0.3, -0.25) is 4.79 Å². The van der Waals surface area contributed by atoms with Crippen LogP contribution < -0.4 is 10.2 Å². The fraction of sp³-hybridized carbons (Fsp3) is 0.619. The smallest absolute Gasteiger partial charge is 0.275 e. The lowest BCUT2D eigenvalue weighted by Crippen LogP contribution is -3.14. The number of carbonyl (C=O) groups excluding carboxylic acids is 1. The molecule has 140 valence electrons. The number of nitrogens with one attached hydrogen (secondary N) is 2. The number of quaternary nitrogens is 1. The molecule has 1 aromatic carbocycles. The van der Waals surface area contributed by atoms with Crippen molar-refractivity contribution < 1.29 is 9.69 Å². The van der Waals surface area contributed by atoms with Crippen molar-refractivity contribution in [1.29, 1.82) is 0 Å². The van der Waals surface area contributed by atoms with Crippen molar-refractivity contribution in [3.05, 3.63) is 29.3 Å². The molecule has 4 atom stereocenters. The monoisotopic (exact) mass is 372 g/mol. The van der Waals surface area contributed by atoms with Crippen molar-refractivity contribution in [2.75, 3.05) is 19.6 Å². The molecule has 26 heavy (non-hydrogen) atoms. The van der Waals surface area contributed by atoms with Crippen molar-refractivity contribution in [3.8, 4) is 0 Å². The molecule has 5 heteroatoms. The summed E-state index contributed by atoms with van der Waals surface area (Å²) in [6.07, 6.45) is 7.35. The lowest BCUT2D eigenvalue weighted by Gasteiger charge is -2.31. The minimum Gasteiger partial charge on any atom is -0.348 e. The van der Waals surface area contributed by atoms with E-state index in [-0.39, 0.29) is 5.91 Å². The molecule has 0 bridgehead atoms. The summed E-state index contributed by atoms with van der Waals surface area (Å²) in [7, 11) is 0. The first-order chi connectivity index (χ1) is 12.7. The Morgan fingerprint density at radius 3 is 2.92 bits per heavy atom. The van der Waals surface area contributed by atoms with E-state index in [0.29, 0.717) is 24.4 Å². The van der Waals surface area contributed by atoms with E-state index in [9.17, 15) is 4.79 Å². The molecule has 4 rings (SSSR count). The van der Waals surface area contributed by atoms with Crippen molar-refractivity contribution >= 4 is 27.5 Å². The zero-order chi connectivity index (χ0) is 17.9. The minimum atomic E-state index is 0.240. The fourth-order valence-electron chi connectivity index (χ4n) is 4.60. The number of hydrogen-bond acceptors (Lipinski definition) is 3. The predicted molar refractivity (Wildman–Crippen MR) is 107 cm³/mol. The van der Waals surface area contributed by atoms with Crippen molar-refractivity contribution in [1.82, 2.24) is 10.3 Å². The van der Waals surface area contributed by atoms with Gasteiger partial charge in [0.25, 0.3) is 5.91 Å². The number of para-hydroxylation sites is 1. The van der Waals surface area contributed by atoms with Crippen LogP contribution in [0.25, 0.3) is 10.2 Å². The molecule has 2 fully saturated rings. The maximum atomic E-state index is 12.6. The summed E-state index contributed by atoms with van der Waals surface area (Å²) in [5.41, 5.74) is 1.11. The highest BCUT2D eigenvalue weighted by Gasteiger charge is 2.29. The minimum absolute atomic E-state index is 0.240. The maximum absolute atomic E-state index is 12.6. The molecule has 0 radical (unpaired) electrons. The highest BCUT2D eigenvalue weighted by molar-refractivity contribution is 7.18. The second kappa shape index (κ2) is 8.05. The number of thiazole rings is 1. The van der Waals surface area contributed by atoms with E-state index >= 15 is 0 Å². The number of carbonyl (C=O) groups is 1. The van der Waals surface area contributed by atoms with Crippen LogP contribution in [0.1, 0.15) is 56.4 Å². The van der Waals surface area contributed by atoms with E-state index in [1.54, 1.807) is 0 Å². The van der Waals surface area contributed by atoms with Crippen LogP contribution in [0.5, 0.6) is 0 Å². The second-order valence-electron chi connectivity index (χ2n) is 8.18. The Balaban J connectivity index is 1.35. The van der Waals surface area contributed by atoms with Crippen LogP contribution >= 0.6 is 11.3 Å². The first kappa shape index (κ1) is 17.9. The summed E-state index contributed by atoms with van der Waals surface area (Å²) >= 11 is 1.83. The molecular formula is C21H30N3OS+. The lowest BCUT2D eigenvalue weighted by molar-refractivity contribution is -0.898. The van der Waals surface area contributed by atoms with E-state index in [1.807, 2.05) is 11.3 Å². The topological polar surface area (TPSA) is 46.4 Å². The van der Waals surface area contributed by atoms with Crippen LogP contribution in [0.2, 0.25) is 0 Å². The molecule has 1 amide bonds. The van der Waals surface area contributed by atoms with Gasteiger partial charge in [0, 0.05) is 6.04 Å². The first-order valence-corrected chi connectivity index (χ1v) is 11.0. The van der Waals surface area contributed by atoms with E-state index < -0.39 is 0 Å². The molecule has 2 heterocycles. The third-order valence-electron chi connectivity index (χ3n) is 6.15. The molecule has 1 unspecified atom stereocenters. The zero-order valence-electron chi connectivity index (χ0n) is 15.7. The van der Waals surface area contributed by atoms with Gasteiger partial charge in [-0.25, -0.2) is 4.98 Å². The largest absolute Gasteiger partial charge is 0.348 e. The first-order valence-electron chi connectivity index (χ1n) is 10.2. The SMILES string of the molecule is C[C@@H]1CCCC[C@H]1NC(=O)C[NH+]1CCC[C@H](c2nc3ccccc3s2)C1. The Kier molecular flexibility index (Phi) is 5.55. The maximum Gasteiger partial charge on any atom is 0.275 e. The molecule has 1 aliphatic carbocycles. The number of benzene rings is 1. The number of amides is 1. The quantitative estimate of drug-likeness (QED) is 0.867. The van der Waals surface area contributed by atoms with Crippen LogP contribution in [0.3, 0.4) is 0 Å². The summed E-state index contributed by atoms with van der Waals surface area (Å²) in [6.45, 7) is 5.04.